The Kier molecular flexibility index (Phi) is 6.50. The van der Waals surface area contributed by atoms with Gasteiger partial charge in [0.1, 0.15) is 36.1 Å². The third-order valence-corrected chi connectivity index (χ3v) is 16.6. The Morgan fingerprint density at radius 2 is 1.62 bits per heavy atom. The minimum atomic E-state index is -1.29. The molecule has 5 saturated carbocycles. The van der Waals surface area contributed by atoms with Gasteiger partial charge in [-0.15, -0.1) is 0 Å². The lowest BCUT2D eigenvalue weighted by Gasteiger charge is -2.65. The molecule has 10 heteroatoms. The molecule has 10 nitrogen and oxygen atoms in total. The molecule has 4 heterocycles. The summed E-state index contributed by atoms with van der Waals surface area (Å²) in [7, 11) is 0. The second-order valence-corrected chi connectivity index (χ2v) is 18.9. The topological polar surface area (TPSA) is 136 Å². The van der Waals surface area contributed by atoms with Crippen molar-refractivity contribution in [3.8, 4) is 0 Å². The summed E-state index contributed by atoms with van der Waals surface area (Å²) < 4.78 is 38.4. The monoisotopic (exact) mass is 660 g/mol. The minimum Gasteiger partial charge on any atom is -0.462 e. The number of ether oxygens (including phenoxy) is 6. The van der Waals surface area contributed by atoms with Gasteiger partial charge in [0, 0.05) is 18.8 Å². The van der Waals surface area contributed by atoms with Crippen LogP contribution in [-0.4, -0.2) is 94.9 Å². The molecule has 3 N–H and O–H groups in total. The third-order valence-electron chi connectivity index (χ3n) is 16.6. The molecule has 3 spiro atoms. The van der Waals surface area contributed by atoms with E-state index in [4.69, 9.17) is 28.4 Å². The molecule has 47 heavy (non-hydrogen) atoms. The zero-order valence-electron chi connectivity index (χ0n) is 29.2. The highest BCUT2D eigenvalue weighted by atomic mass is 16.8. The smallest absolute Gasteiger partial charge is 0.302 e. The lowest BCUT2D eigenvalue weighted by Crippen LogP contribution is -2.64. The van der Waals surface area contributed by atoms with Crippen LogP contribution in [-0.2, 0) is 33.2 Å². The highest BCUT2D eigenvalue weighted by Gasteiger charge is 2.86. The van der Waals surface area contributed by atoms with Crippen molar-refractivity contribution >= 4 is 5.97 Å². The second-order valence-electron chi connectivity index (χ2n) is 18.9. The first-order valence-electron chi connectivity index (χ1n) is 18.5. The molecule has 5 aliphatic carbocycles. The van der Waals surface area contributed by atoms with E-state index >= 15 is 0 Å². The SMILES string of the molecule is CC(=O)O[C@H]1CC23C[C@@]24CC[C@@H](O[C@@H]2OC[C@@H](O)[C@H](O)[C@H]2O)C(C)(C)[C@@H]4CC[C@H]3[C@]2(C)C[C@@H]3O[C@]4(C[C@@H](C)[C@@H]3[C@@]12C)OC[C@@]1(C)O[C@@H]41. The molecule has 0 amide bonds. The number of hydrogen-bond acceptors (Lipinski definition) is 10. The van der Waals surface area contributed by atoms with Crippen LogP contribution in [0.4, 0.5) is 0 Å². The Labute approximate surface area is 278 Å². The number of carbonyl (C=O) groups is 1. The number of aliphatic hydroxyl groups excluding tert-OH is 3. The van der Waals surface area contributed by atoms with Crippen LogP contribution in [0.1, 0.15) is 99.8 Å². The van der Waals surface area contributed by atoms with Gasteiger partial charge in [-0.3, -0.25) is 4.79 Å². The van der Waals surface area contributed by atoms with Crippen LogP contribution >= 0.6 is 0 Å². The Morgan fingerprint density at radius 3 is 2.30 bits per heavy atom. The van der Waals surface area contributed by atoms with E-state index in [-0.39, 0.29) is 75.6 Å². The van der Waals surface area contributed by atoms with E-state index in [0.717, 1.165) is 51.4 Å². The summed E-state index contributed by atoms with van der Waals surface area (Å²) in [5.41, 5.74) is -0.492. The van der Waals surface area contributed by atoms with Crippen molar-refractivity contribution in [2.24, 2.45) is 50.7 Å². The number of carbonyl (C=O) groups excluding carboxylic acids is 1. The number of fused-ring (bicyclic) bond motifs is 6. The number of rotatable bonds is 3. The Morgan fingerprint density at radius 1 is 0.872 bits per heavy atom. The first-order valence-corrected chi connectivity index (χ1v) is 18.5. The summed E-state index contributed by atoms with van der Waals surface area (Å²) in [4.78, 5) is 12.9. The normalized spacial score (nSPS) is 62.8. The average Bonchev–Trinajstić information content (AvgIpc) is 3.81. The third kappa shape index (κ3) is 3.78. The van der Waals surface area contributed by atoms with Crippen molar-refractivity contribution in [1.82, 2.24) is 0 Å². The molecule has 18 atom stereocenters. The molecule has 0 bridgehead atoms. The maximum absolute atomic E-state index is 12.9. The van der Waals surface area contributed by atoms with E-state index in [9.17, 15) is 20.1 Å². The molecule has 0 radical (unpaired) electrons. The molecule has 9 fully saturated rings. The second kappa shape index (κ2) is 9.52. The summed E-state index contributed by atoms with van der Waals surface area (Å²) in [6.45, 7) is 16.1. The Hall–Kier alpha value is -0.850. The Balaban J connectivity index is 1.03. The van der Waals surface area contributed by atoms with E-state index in [1.165, 1.54) is 0 Å². The summed E-state index contributed by atoms with van der Waals surface area (Å²) in [6.07, 6.45) is 2.89. The van der Waals surface area contributed by atoms with Crippen LogP contribution in [0.3, 0.4) is 0 Å². The van der Waals surface area contributed by atoms with Crippen LogP contribution in [0, 0.1) is 50.7 Å². The zero-order valence-corrected chi connectivity index (χ0v) is 29.2. The van der Waals surface area contributed by atoms with Crippen LogP contribution in [0.2, 0.25) is 0 Å². The summed E-state index contributed by atoms with van der Waals surface area (Å²) in [6, 6.07) is 0. The van der Waals surface area contributed by atoms with Crippen LogP contribution in [0.15, 0.2) is 0 Å². The molecule has 0 aromatic rings. The lowest BCUT2D eigenvalue weighted by molar-refractivity contribution is -0.309. The standard InChI is InChI=1S/C37H56O10/c1-18-12-37(30-33(6,47-30)17-43-37)46-21-13-32(5)23-9-8-22-31(3,4)24(45-29-28(41)27(40)20(39)15-42-29)10-11-35(22)16-36(23,35)14-25(44-19(2)38)34(32,7)26(18)21/h18,20-30,39-41H,8-17H2,1-7H3/t18-,20-,21+,22+,23+,24-,25+,26+,27+,28-,29+,30-,32+,33-,34-,35-,36?,37+/m1/s1. The first-order chi connectivity index (χ1) is 22.0. The fraction of sp³-hybridized carbons (Fsp3) is 0.973. The van der Waals surface area contributed by atoms with Crippen molar-refractivity contribution in [2.45, 2.75) is 160 Å². The van der Waals surface area contributed by atoms with Gasteiger partial charge in [-0.05, 0) is 97.2 Å². The van der Waals surface area contributed by atoms with E-state index < -0.39 is 30.4 Å². The fourth-order valence-corrected chi connectivity index (χ4v) is 14.6. The molecule has 1 unspecified atom stereocenters. The van der Waals surface area contributed by atoms with Gasteiger partial charge >= 0.3 is 5.97 Å². The van der Waals surface area contributed by atoms with Crippen LogP contribution < -0.4 is 0 Å². The molecule has 4 saturated heterocycles. The number of hydrogen-bond donors (Lipinski definition) is 3. The molecule has 9 rings (SSSR count). The van der Waals surface area contributed by atoms with Gasteiger partial charge in [0.05, 0.1) is 25.4 Å². The maximum atomic E-state index is 12.9. The molecule has 0 aromatic carbocycles. The summed E-state index contributed by atoms with van der Waals surface area (Å²) in [5.74, 6) is 0.642. The van der Waals surface area contributed by atoms with Crippen molar-refractivity contribution < 1.29 is 48.5 Å². The van der Waals surface area contributed by atoms with Gasteiger partial charge < -0.3 is 43.7 Å². The van der Waals surface area contributed by atoms with Gasteiger partial charge in [-0.25, -0.2) is 0 Å². The van der Waals surface area contributed by atoms with E-state index in [1.54, 1.807) is 6.92 Å². The molecule has 264 valence electrons. The Bertz CT molecular complexity index is 1360. The molecule has 9 aliphatic rings. The van der Waals surface area contributed by atoms with Gasteiger partial charge in [-0.2, -0.15) is 0 Å². The zero-order chi connectivity index (χ0) is 33.3. The predicted molar refractivity (Wildman–Crippen MR) is 166 cm³/mol. The first kappa shape index (κ1) is 32.1. The van der Waals surface area contributed by atoms with Gasteiger partial charge in [0.25, 0.3) is 0 Å². The molecule has 4 aliphatic heterocycles. The van der Waals surface area contributed by atoms with Gasteiger partial charge in [0.2, 0.25) is 0 Å². The molecule has 0 aromatic heterocycles. The average molecular weight is 661 g/mol. The van der Waals surface area contributed by atoms with Crippen molar-refractivity contribution in [1.29, 1.82) is 0 Å². The van der Waals surface area contributed by atoms with Crippen LogP contribution in [0.25, 0.3) is 0 Å². The lowest BCUT2D eigenvalue weighted by atomic mass is 9.41. The quantitative estimate of drug-likeness (QED) is 0.234. The van der Waals surface area contributed by atoms with E-state index in [1.807, 2.05) is 0 Å². The highest BCUT2D eigenvalue weighted by molar-refractivity contribution is 5.66. The van der Waals surface area contributed by atoms with Crippen molar-refractivity contribution in [3.63, 3.8) is 0 Å². The highest BCUT2D eigenvalue weighted by Crippen LogP contribution is 2.89. The number of esters is 1. The summed E-state index contributed by atoms with van der Waals surface area (Å²) >= 11 is 0. The van der Waals surface area contributed by atoms with E-state index in [2.05, 4.69) is 41.5 Å². The minimum absolute atomic E-state index is 0.00697. The number of epoxide rings is 1. The fourth-order valence-electron chi connectivity index (χ4n) is 14.6. The largest absolute Gasteiger partial charge is 0.462 e. The van der Waals surface area contributed by atoms with Gasteiger partial charge in [0.15, 0.2) is 12.1 Å². The van der Waals surface area contributed by atoms with Crippen molar-refractivity contribution in [3.05, 3.63) is 0 Å². The van der Waals surface area contributed by atoms with Gasteiger partial charge in [-0.1, -0.05) is 34.6 Å². The maximum Gasteiger partial charge on any atom is 0.302 e. The van der Waals surface area contributed by atoms with Crippen LogP contribution in [0.5, 0.6) is 0 Å². The van der Waals surface area contributed by atoms with E-state index in [0.29, 0.717) is 24.4 Å². The molecular formula is C37H56O10. The predicted octanol–water partition coefficient (Wildman–Crippen LogP) is 3.71. The van der Waals surface area contributed by atoms with Crippen molar-refractivity contribution in [2.75, 3.05) is 13.2 Å². The molecular weight excluding hydrogens is 604 g/mol. The summed E-state index contributed by atoms with van der Waals surface area (Å²) in [5, 5.41) is 31.0. The number of aliphatic hydroxyl groups is 3.